The standard InChI is InChI=1S/C42H77NO2/c1-5-7-9-11-13-15-17-19-21-23-25-27-29-31-33-35-37-42(44-40-41(45-42)39-43(3)4)38-36-34-32-30-28-26-24-22-20-18-16-14-12-10-8-6-2/h13-16,19-22,41H,5-12,17-18,23-40H2,1-4H3. The molecule has 0 saturated carbocycles. The maximum absolute atomic E-state index is 6.62. The van der Waals surface area contributed by atoms with Gasteiger partial charge in [0.15, 0.2) is 5.79 Å². The van der Waals surface area contributed by atoms with Crippen molar-refractivity contribution in [2.24, 2.45) is 0 Å². The summed E-state index contributed by atoms with van der Waals surface area (Å²) >= 11 is 0. The summed E-state index contributed by atoms with van der Waals surface area (Å²) in [5.74, 6) is -0.328. The van der Waals surface area contributed by atoms with Crippen LogP contribution >= 0.6 is 0 Å². The molecule has 0 aromatic heterocycles. The Balaban J connectivity index is 2.13. The number of nitrogens with zero attached hydrogens (tertiary/aromatic N) is 1. The molecular weight excluding hydrogens is 550 g/mol. The first kappa shape index (κ1) is 41.9. The smallest absolute Gasteiger partial charge is 0.168 e. The monoisotopic (exact) mass is 628 g/mol. The number of unbranched alkanes of at least 4 members (excludes halogenated alkanes) is 18. The second-order valence-electron chi connectivity index (χ2n) is 13.9. The second kappa shape index (κ2) is 31.4. The molecule has 1 fully saturated rings. The Labute approximate surface area is 282 Å². The van der Waals surface area contributed by atoms with Crippen molar-refractivity contribution in [3.05, 3.63) is 48.6 Å². The fourth-order valence-electron chi connectivity index (χ4n) is 6.27. The summed E-state index contributed by atoms with van der Waals surface area (Å²) in [5, 5.41) is 0. The van der Waals surface area contributed by atoms with Crippen LogP contribution in [0.4, 0.5) is 0 Å². The van der Waals surface area contributed by atoms with Gasteiger partial charge in [0.25, 0.3) is 0 Å². The molecule has 0 aromatic carbocycles. The van der Waals surface area contributed by atoms with Crippen LogP contribution in [-0.2, 0) is 9.47 Å². The molecule has 1 aliphatic rings. The third kappa shape index (κ3) is 26.6. The van der Waals surface area contributed by atoms with Crippen LogP contribution in [0.25, 0.3) is 0 Å². The zero-order valence-corrected chi connectivity index (χ0v) is 30.8. The normalized spacial score (nSPS) is 19.2. The molecule has 45 heavy (non-hydrogen) atoms. The molecule has 0 radical (unpaired) electrons. The quantitative estimate of drug-likeness (QED) is 0.0547. The van der Waals surface area contributed by atoms with E-state index in [1.54, 1.807) is 0 Å². The Hall–Kier alpha value is -1.16. The van der Waals surface area contributed by atoms with Crippen LogP contribution in [0.15, 0.2) is 48.6 Å². The van der Waals surface area contributed by atoms with Gasteiger partial charge in [0.1, 0.15) is 0 Å². The van der Waals surface area contributed by atoms with E-state index < -0.39 is 0 Å². The summed E-state index contributed by atoms with van der Waals surface area (Å²) in [7, 11) is 4.27. The SMILES string of the molecule is CCCCCC=CCC=CCCCCCCCCC1(CCCCCCCCC=CCC=CCCCCC)OCC(CN(C)C)O1. The molecule has 0 aromatic rings. The highest BCUT2D eigenvalue weighted by Crippen LogP contribution is 2.35. The van der Waals surface area contributed by atoms with Gasteiger partial charge in [-0.25, -0.2) is 0 Å². The molecular formula is C42H77NO2. The molecule has 1 saturated heterocycles. The lowest BCUT2D eigenvalue weighted by molar-refractivity contribution is -0.180. The summed E-state index contributed by atoms with van der Waals surface area (Å²) in [5.41, 5.74) is 0. The maximum atomic E-state index is 6.62. The van der Waals surface area contributed by atoms with Crippen molar-refractivity contribution in [2.45, 2.75) is 193 Å². The van der Waals surface area contributed by atoms with Gasteiger partial charge in [-0.1, -0.05) is 140 Å². The first-order chi connectivity index (χ1) is 22.1. The van der Waals surface area contributed by atoms with Crippen molar-refractivity contribution >= 4 is 0 Å². The fourth-order valence-corrected chi connectivity index (χ4v) is 6.27. The molecule has 0 spiro atoms. The number of rotatable bonds is 32. The van der Waals surface area contributed by atoms with Gasteiger partial charge in [0, 0.05) is 19.4 Å². The largest absolute Gasteiger partial charge is 0.347 e. The Kier molecular flexibility index (Phi) is 29.2. The van der Waals surface area contributed by atoms with Gasteiger partial charge in [-0.05, 0) is 91.1 Å². The van der Waals surface area contributed by atoms with E-state index in [2.05, 4.69) is 81.5 Å². The minimum atomic E-state index is -0.328. The van der Waals surface area contributed by atoms with E-state index >= 15 is 0 Å². The number of ether oxygens (including phenoxy) is 2. The van der Waals surface area contributed by atoms with Gasteiger partial charge in [-0.15, -0.1) is 0 Å². The predicted molar refractivity (Wildman–Crippen MR) is 200 cm³/mol. The summed E-state index contributed by atoms with van der Waals surface area (Å²) in [6, 6.07) is 0. The summed E-state index contributed by atoms with van der Waals surface area (Å²) in [6.07, 6.45) is 52.1. The van der Waals surface area contributed by atoms with Crippen LogP contribution < -0.4 is 0 Å². The highest BCUT2D eigenvalue weighted by molar-refractivity contribution is 4.93. The molecule has 1 aliphatic heterocycles. The molecule has 1 rings (SSSR count). The van der Waals surface area contributed by atoms with Gasteiger partial charge in [0.2, 0.25) is 0 Å². The average molecular weight is 628 g/mol. The molecule has 0 bridgehead atoms. The van der Waals surface area contributed by atoms with E-state index in [0.29, 0.717) is 0 Å². The predicted octanol–water partition coefficient (Wildman–Crippen LogP) is 13.1. The summed E-state index contributed by atoms with van der Waals surface area (Å²) in [6.45, 7) is 6.24. The van der Waals surface area contributed by atoms with Crippen LogP contribution in [0, 0.1) is 0 Å². The first-order valence-electron chi connectivity index (χ1n) is 19.7. The van der Waals surface area contributed by atoms with Crippen molar-refractivity contribution in [1.29, 1.82) is 0 Å². The molecule has 1 unspecified atom stereocenters. The van der Waals surface area contributed by atoms with E-state index in [1.165, 1.54) is 141 Å². The van der Waals surface area contributed by atoms with Gasteiger partial charge in [-0.2, -0.15) is 0 Å². The summed E-state index contributed by atoms with van der Waals surface area (Å²) in [4.78, 5) is 2.23. The molecule has 0 aliphatic carbocycles. The maximum Gasteiger partial charge on any atom is 0.168 e. The van der Waals surface area contributed by atoms with Crippen molar-refractivity contribution in [1.82, 2.24) is 4.90 Å². The van der Waals surface area contributed by atoms with Crippen molar-refractivity contribution in [3.63, 3.8) is 0 Å². The minimum absolute atomic E-state index is 0.217. The topological polar surface area (TPSA) is 21.7 Å². The molecule has 0 amide bonds. The second-order valence-corrected chi connectivity index (χ2v) is 13.9. The zero-order valence-electron chi connectivity index (χ0n) is 30.8. The van der Waals surface area contributed by atoms with Crippen molar-refractivity contribution in [3.8, 4) is 0 Å². The summed E-state index contributed by atoms with van der Waals surface area (Å²) < 4.78 is 13.0. The van der Waals surface area contributed by atoms with Crippen molar-refractivity contribution < 1.29 is 9.47 Å². The number of likely N-dealkylation sites (N-methyl/N-ethyl adjacent to an activating group) is 1. The molecule has 262 valence electrons. The van der Waals surface area contributed by atoms with Crippen molar-refractivity contribution in [2.75, 3.05) is 27.2 Å². The Morgan fingerprint density at radius 1 is 0.511 bits per heavy atom. The number of allylic oxidation sites excluding steroid dienone is 8. The van der Waals surface area contributed by atoms with Crippen LogP contribution in [0.1, 0.15) is 181 Å². The third-order valence-corrected chi connectivity index (χ3v) is 9.00. The first-order valence-corrected chi connectivity index (χ1v) is 19.7. The van der Waals surface area contributed by atoms with E-state index in [-0.39, 0.29) is 11.9 Å². The highest BCUT2D eigenvalue weighted by atomic mass is 16.7. The van der Waals surface area contributed by atoms with Gasteiger partial charge >= 0.3 is 0 Å². The molecule has 1 atom stereocenters. The minimum Gasteiger partial charge on any atom is -0.347 e. The van der Waals surface area contributed by atoms with Crippen LogP contribution in [0.2, 0.25) is 0 Å². The van der Waals surface area contributed by atoms with E-state index in [4.69, 9.17) is 9.47 Å². The zero-order chi connectivity index (χ0) is 32.5. The average Bonchev–Trinajstić information content (AvgIpc) is 3.42. The lowest BCUT2D eigenvalue weighted by Crippen LogP contribution is -2.33. The van der Waals surface area contributed by atoms with Crippen LogP contribution in [-0.4, -0.2) is 44.0 Å². The Morgan fingerprint density at radius 3 is 1.29 bits per heavy atom. The molecule has 3 heteroatoms. The van der Waals surface area contributed by atoms with Crippen LogP contribution in [0.3, 0.4) is 0 Å². The highest BCUT2D eigenvalue weighted by Gasteiger charge is 2.40. The fraction of sp³-hybridized carbons (Fsp3) is 0.810. The Morgan fingerprint density at radius 2 is 0.889 bits per heavy atom. The molecule has 1 heterocycles. The lowest BCUT2D eigenvalue weighted by atomic mass is 9.98. The lowest BCUT2D eigenvalue weighted by Gasteiger charge is -2.29. The van der Waals surface area contributed by atoms with E-state index in [0.717, 1.165) is 38.8 Å². The van der Waals surface area contributed by atoms with Crippen LogP contribution in [0.5, 0.6) is 0 Å². The molecule has 3 nitrogen and oxygen atoms in total. The molecule has 0 N–H and O–H groups in total. The third-order valence-electron chi connectivity index (χ3n) is 9.00. The van der Waals surface area contributed by atoms with Gasteiger partial charge in [-0.3, -0.25) is 0 Å². The number of hydrogen-bond donors (Lipinski definition) is 0. The van der Waals surface area contributed by atoms with E-state index in [1.807, 2.05) is 0 Å². The van der Waals surface area contributed by atoms with E-state index in [9.17, 15) is 0 Å². The van der Waals surface area contributed by atoms with Gasteiger partial charge in [0.05, 0.1) is 12.7 Å². The number of hydrogen-bond acceptors (Lipinski definition) is 3. The van der Waals surface area contributed by atoms with Gasteiger partial charge < -0.3 is 14.4 Å². The Bertz CT molecular complexity index is 689.